The molecule has 0 bridgehead atoms. The molecule has 2 fully saturated rings. The van der Waals surface area contributed by atoms with Gasteiger partial charge in [-0.3, -0.25) is 9.69 Å². The fraction of sp³-hybridized carbons (Fsp3) is 0.462. The molecule has 4 N–H and O–H groups in total. The lowest BCUT2D eigenvalue weighted by atomic mass is 9.87. The van der Waals surface area contributed by atoms with E-state index in [2.05, 4.69) is 25.1 Å². The standard InChI is InChI=1S/C26H33N7O2/c27-25-24-20(29-17-30-25)9-10-23(31-24)33-15-5-6-18(16-33)21(32-13-3-4-14-32)11-12-28-26(35)19-7-1-2-8-22(19)34/h1-2,7-10,17-18,21,34H,3-6,11-16H2,(H,28,35)(H2,27,29,30)/t18-,21?/m1/s1. The highest BCUT2D eigenvalue weighted by Gasteiger charge is 2.33. The number of aromatic hydroxyl groups is 1. The Labute approximate surface area is 205 Å². The number of amides is 1. The molecule has 1 amide bonds. The van der Waals surface area contributed by atoms with E-state index in [0.717, 1.165) is 56.8 Å². The second-order valence-corrected chi connectivity index (χ2v) is 9.52. The van der Waals surface area contributed by atoms with Crippen LogP contribution in [0.2, 0.25) is 0 Å². The molecule has 184 valence electrons. The Morgan fingerprint density at radius 2 is 1.94 bits per heavy atom. The van der Waals surface area contributed by atoms with Gasteiger partial charge >= 0.3 is 0 Å². The minimum Gasteiger partial charge on any atom is -0.507 e. The number of benzene rings is 1. The maximum absolute atomic E-state index is 12.6. The Morgan fingerprint density at radius 1 is 1.11 bits per heavy atom. The van der Waals surface area contributed by atoms with Gasteiger partial charge in [0.05, 0.1) is 11.1 Å². The smallest absolute Gasteiger partial charge is 0.255 e. The number of carbonyl (C=O) groups is 1. The van der Waals surface area contributed by atoms with Crippen LogP contribution in [0.4, 0.5) is 11.6 Å². The van der Waals surface area contributed by atoms with Gasteiger partial charge in [0, 0.05) is 25.7 Å². The number of nitrogens with two attached hydrogens (primary N) is 1. The number of fused-ring (bicyclic) bond motifs is 1. The lowest BCUT2D eigenvalue weighted by molar-refractivity contribution is 0.0937. The van der Waals surface area contributed by atoms with Crippen LogP contribution in [-0.2, 0) is 0 Å². The van der Waals surface area contributed by atoms with Crippen LogP contribution in [0.1, 0.15) is 42.5 Å². The van der Waals surface area contributed by atoms with Gasteiger partial charge in [0.1, 0.15) is 23.4 Å². The zero-order valence-electron chi connectivity index (χ0n) is 19.9. The second-order valence-electron chi connectivity index (χ2n) is 9.52. The van der Waals surface area contributed by atoms with Crippen molar-refractivity contribution in [2.75, 3.05) is 43.4 Å². The molecular formula is C26H33N7O2. The number of phenols is 1. The predicted molar refractivity (Wildman–Crippen MR) is 136 cm³/mol. The summed E-state index contributed by atoms with van der Waals surface area (Å²) in [5.74, 6) is 1.58. The van der Waals surface area contributed by atoms with Crippen molar-refractivity contribution < 1.29 is 9.90 Å². The van der Waals surface area contributed by atoms with Gasteiger partial charge in [0.15, 0.2) is 5.82 Å². The minimum atomic E-state index is -0.228. The first-order valence-corrected chi connectivity index (χ1v) is 12.5. The summed E-state index contributed by atoms with van der Waals surface area (Å²) in [6.45, 7) is 4.67. The molecule has 0 radical (unpaired) electrons. The summed E-state index contributed by atoms with van der Waals surface area (Å²) < 4.78 is 0. The topological polar surface area (TPSA) is 120 Å². The number of nitrogens with one attached hydrogen (secondary N) is 1. The van der Waals surface area contributed by atoms with Gasteiger partial charge in [-0.15, -0.1) is 0 Å². The third kappa shape index (κ3) is 5.14. The van der Waals surface area contributed by atoms with Gasteiger partial charge in [0.2, 0.25) is 0 Å². The first-order valence-electron chi connectivity index (χ1n) is 12.5. The van der Waals surface area contributed by atoms with E-state index in [1.54, 1.807) is 24.3 Å². The van der Waals surface area contributed by atoms with Gasteiger partial charge < -0.3 is 21.1 Å². The molecule has 2 saturated heterocycles. The van der Waals surface area contributed by atoms with Crippen molar-refractivity contribution in [2.45, 2.75) is 38.1 Å². The lowest BCUT2D eigenvalue weighted by Crippen LogP contribution is -2.48. The average Bonchev–Trinajstić information content (AvgIpc) is 3.41. The molecule has 9 heteroatoms. The van der Waals surface area contributed by atoms with Gasteiger partial charge in [0.25, 0.3) is 5.91 Å². The number of phenolic OH excluding ortho intramolecular Hbond substituents is 1. The van der Waals surface area contributed by atoms with E-state index < -0.39 is 0 Å². The molecule has 2 atom stereocenters. The molecular weight excluding hydrogens is 442 g/mol. The van der Waals surface area contributed by atoms with Crippen LogP contribution < -0.4 is 16.0 Å². The van der Waals surface area contributed by atoms with Crippen molar-refractivity contribution >= 4 is 28.6 Å². The van der Waals surface area contributed by atoms with Gasteiger partial charge in [-0.05, 0) is 75.4 Å². The highest BCUT2D eigenvalue weighted by molar-refractivity contribution is 5.96. The number of carbonyl (C=O) groups excluding carboxylic acids is 1. The number of rotatable bonds is 7. The van der Waals surface area contributed by atoms with Crippen molar-refractivity contribution in [2.24, 2.45) is 5.92 Å². The van der Waals surface area contributed by atoms with Crippen LogP contribution in [0.3, 0.4) is 0 Å². The van der Waals surface area contributed by atoms with Crippen LogP contribution in [0.25, 0.3) is 11.0 Å². The van der Waals surface area contributed by atoms with Crippen molar-refractivity contribution in [3.63, 3.8) is 0 Å². The summed E-state index contributed by atoms with van der Waals surface area (Å²) in [6.07, 6.45) is 7.05. The molecule has 0 aliphatic carbocycles. The number of para-hydroxylation sites is 1. The monoisotopic (exact) mass is 475 g/mol. The number of nitrogen functional groups attached to an aromatic ring is 1. The van der Waals surface area contributed by atoms with E-state index >= 15 is 0 Å². The van der Waals surface area contributed by atoms with Crippen molar-refractivity contribution in [1.82, 2.24) is 25.2 Å². The molecule has 9 nitrogen and oxygen atoms in total. The Bertz CT molecular complexity index is 1180. The number of likely N-dealkylation sites (tertiary alicyclic amines) is 1. The molecule has 2 aliphatic heterocycles. The number of piperidine rings is 1. The maximum Gasteiger partial charge on any atom is 0.255 e. The summed E-state index contributed by atoms with van der Waals surface area (Å²) in [5, 5.41) is 13.0. The number of anilines is 2. The van der Waals surface area contributed by atoms with Crippen LogP contribution >= 0.6 is 0 Å². The molecule has 35 heavy (non-hydrogen) atoms. The molecule has 1 unspecified atom stereocenters. The zero-order chi connectivity index (χ0) is 24.2. The fourth-order valence-electron chi connectivity index (χ4n) is 5.54. The van der Waals surface area contributed by atoms with E-state index in [0.29, 0.717) is 35.4 Å². The van der Waals surface area contributed by atoms with Gasteiger partial charge in [-0.1, -0.05) is 12.1 Å². The molecule has 2 aromatic heterocycles. The largest absolute Gasteiger partial charge is 0.507 e. The quantitative estimate of drug-likeness (QED) is 0.477. The molecule has 3 aromatic rings. The first-order chi connectivity index (χ1) is 17.1. The van der Waals surface area contributed by atoms with E-state index in [9.17, 15) is 9.90 Å². The number of pyridine rings is 1. The Morgan fingerprint density at radius 3 is 2.77 bits per heavy atom. The SMILES string of the molecule is Nc1ncnc2ccc(N3CCC[C@@H](C(CCNC(=O)c4ccccc4O)N4CCCC4)C3)nc12. The van der Waals surface area contributed by atoms with Crippen LogP contribution in [0.5, 0.6) is 5.75 Å². The van der Waals surface area contributed by atoms with Gasteiger partial charge in [-0.25, -0.2) is 15.0 Å². The normalized spacial score (nSPS) is 19.7. The number of hydrogen-bond acceptors (Lipinski definition) is 8. The molecule has 1 aromatic carbocycles. The van der Waals surface area contributed by atoms with E-state index in [1.807, 2.05) is 12.1 Å². The minimum absolute atomic E-state index is 0.0120. The number of hydrogen-bond donors (Lipinski definition) is 3. The highest BCUT2D eigenvalue weighted by atomic mass is 16.3. The Hall–Kier alpha value is -3.46. The third-order valence-corrected chi connectivity index (χ3v) is 7.31. The van der Waals surface area contributed by atoms with Crippen molar-refractivity contribution in [1.29, 1.82) is 0 Å². The molecule has 2 aliphatic rings. The molecule has 5 rings (SSSR count). The summed E-state index contributed by atoms with van der Waals surface area (Å²) in [4.78, 5) is 30.7. The molecule has 0 spiro atoms. The Kier molecular flexibility index (Phi) is 6.94. The van der Waals surface area contributed by atoms with E-state index in [4.69, 9.17) is 10.7 Å². The highest BCUT2D eigenvalue weighted by Crippen LogP contribution is 2.30. The van der Waals surface area contributed by atoms with Crippen molar-refractivity contribution in [3.05, 3.63) is 48.3 Å². The predicted octanol–water partition coefficient (Wildman–Crippen LogP) is 2.81. The summed E-state index contributed by atoms with van der Waals surface area (Å²) in [6, 6.07) is 11.0. The average molecular weight is 476 g/mol. The summed E-state index contributed by atoms with van der Waals surface area (Å²) in [7, 11) is 0. The fourth-order valence-corrected chi connectivity index (χ4v) is 5.54. The maximum atomic E-state index is 12.6. The molecule has 4 heterocycles. The first kappa shape index (κ1) is 23.3. The van der Waals surface area contributed by atoms with E-state index in [-0.39, 0.29) is 11.7 Å². The van der Waals surface area contributed by atoms with Crippen LogP contribution in [-0.4, -0.2) is 69.6 Å². The van der Waals surface area contributed by atoms with Crippen LogP contribution in [0, 0.1) is 5.92 Å². The molecule has 0 saturated carbocycles. The van der Waals surface area contributed by atoms with Crippen molar-refractivity contribution in [3.8, 4) is 5.75 Å². The Balaban J connectivity index is 1.28. The summed E-state index contributed by atoms with van der Waals surface area (Å²) >= 11 is 0. The lowest BCUT2D eigenvalue weighted by Gasteiger charge is -2.41. The van der Waals surface area contributed by atoms with E-state index in [1.165, 1.54) is 19.2 Å². The third-order valence-electron chi connectivity index (χ3n) is 7.31. The second kappa shape index (κ2) is 10.4. The summed E-state index contributed by atoms with van der Waals surface area (Å²) in [5.41, 5.74) is 7.78. The zero-order valence-corrected chi connectivity index (χ0v) is 19.9. The number of aromatic nitrogens is 3. The van der Waals surface area contributed by atoms with Crippen LogP contribution in [0.15, 0.2) is 42.7 Å². The number of nitrogens with zero attached hydrogens (tertiary/aromatic N) is 5. The van der Waals surface area contributed by atoms with Gasteiger partial charge in [-0.2, -0.15) is 0 Å².